The molecule has 0 unspecified atom stereocenters. The second-order valence-electron chi connectivity index (χ2n) is 3.42. The largest absolute Gasteiger partial charge is 0.332 e. The van der Waals surface area contributed by atoms with Gasteiger partial charge in [0.1, 0.15) is 0 Å². The summed E-state index contributed by atoms with van der Waals surface area (Å²) in [5.74, 6) is 0.821. The highest BCUT2D eigenvalue weighted by molar-refractivity contribution is 8.01. The normalized spacial score (nSPS) is 9.89. The summed E-state index contributed by atoms with van der Waals surface area (Å²) in [5, 5.41) is 15.3. The first-order valence-corrected chi connectivity index (χ1v) is 7.69. The molecule has 2 aromatic rings. The van der Waals surface area contributed by atoms with Gasteiger partial charge in [-0.3, -0.25) is 0 Å². The summed E-state index contributed by atoms with van der Waals surface area (Å²) >= 11 is 8.27. The summed E-state index contributed by atoms with van der Waals surface area (Å²) in [5.41, 5.74) is 0.936. The first kappa shape index (κ1) is 14.0. The SMILES string of the molecule is C=CCSc1nnc(NC(=S)Nc2ccccc2)s1. The summed E-state index contributed by atoms with van der Waals surface area (Å²) < 4.78 is 0.893. The second-order valence-corrected chi connectivity index (χ2v) is 6.07. The van der Waals surface area contributed by atoms with E-state index in [2.05, 4.69) is 27.4 Å². The van der Waals surface area contributed by atoms with Crippen molar-refractivity contribution >= 4 is 51.2 Å². The van der Waals surface area contributed by atoms with Crippen LogP contribution in [0, 0.1) is 0 Å². The Morgan fingerprint density at radius 2 is 2.11 bits per heavy atom. The topological polar surface area (TPSA) is 49.8 Å². The molecule has 0 saturated carbocycles. The summed E-state index contributed by atoms with van der Waals surface area (Å²) in [7, 11) is 0. The van der Waals surface area contributed by atoms with Gasteiger partial charge in [0.05, 0.1) is 0 Å². The van der Waals surface area contributed by atoms with Crippen molar-refractivity contribution in [3.63, 3.8) is 0 Å². The van der Waals surface area contributed by atoms with Gasteiger partial charge in [0.15, 0.2) is 9.45 Å². The Balaban J connectivity index is 1.88. The third kappa shape index (κ3) is 4.62. The fraction of sp³-hybridized carbons (Fsp3) is 0.0833. The Morgan fingerprint density at radius 3 is 2.84 bits per heavy atom. The maximum absolute atomic E-state index is 5.21. The minimum absolute atomic E-state index is 0.502. The molecule has 0 bridgehead atoms. The van der Waals surface area contributed by atoms with Crippen LogP contribution in [0.1, 0.15) is 0 Å². The zero-order chi connectivity index (χ0) is 13.5. The minimum atomic E-state index is 0.502. The molecule has 98 valence electrons. The van der Waals surface area contributed by atoms with E-state index in [0.717, 1.165) is 15.8 Å². The van der Waals surface area contributed by atoms with Gasteiger partial charge < -0.3 is 10.6 Å². The van der Waals surface area contributed by atoms with E-state index in [0.29, 0.717) is 10.2 Å². The molecule has 0 aliphatic rings. The fourth-order valence-corrected chi connectivity index (χ4v) is 3.03. The molecule has 2 N–H and O–H groups in total. The predicted molar refractivity (Wildman–Crippen MR) is 87.1 cm³/mol. The fourth-order valence-electron chi connectivity index (χ4n) is 1.23. The zero-order valence-corrected chi connectivity index (χ0v) is 12.4. The lowest BCUT2D eigenvalue weighted by atomic mass is 10.3. The number of para-hydroxylation sites is 1. The van der Waals surface area contributed by atoms with E-state index in [1.54, 1.807) is 11.8 Å². The number of aromatic nitrogens is 2. The van der Waals surface area contributed by atoms with Crippen molar-refractivity contribution in [3.8, 4) is 0 Å². The number of hydrogen-bond acceptors (Lipinski definition) is 5. The van der Waals surface area contributed by atoms with Gasteiger partial charge in [-0.15, -0.1) is 16.8 Å². The number of hydrogen-bond donors (Lipinski definition) is 2. The third-order valence-electron chi connectivity index (χ3n) is 1.98. The molecule has 19 heavy (non-hydrogen) atoms. The van der Waals surface area contributed by atoms with Crippen molar-refractivity contribution in [2.45, 2.75) is 4.34 Å². The van der Waals surface area contributed by atoms with E-state index in [1.807, 2.05) is 36.4 Å². The van der Waals surface area contributed by atoms with Gasteiger partial charge in [-0.05, 0) is 24.4 Å². The van der Waals surface area contributed by atoms with Gasteiger partial charge >= 0.3 is 0 Å². The molecule has 0 radical (unpaired) electrons. The number of benzene rings is 1. The lowest BCUT2D eigenvalue weighted by molar-refractivity contribution is 1.02. The van der Waals surface area contributed by atoms with Crippen LogP contribution in [0.15, 0.2) is 47.3 Å². The average Bonchev–Trinajstić information content (AvgIpc) is 2.85. The van der Waals surface area contributed by atoms with E-state index in [1.165, 1.54) is 11.3 Å². The van der Waals surface area contributed by atoms with Crippen molar-refractivity contribution in [2.75, 3.05) is 16.4 Å². The number of thiocarbonyl (C=S) groups is 1. The average molecular weight is 308 g/mol. The Bertz CT molecular complexity index is 553. The van der Waals surface area contributed by atoms with Gasteiger partial charge in [-0.2, -0.15) is 0 Å². The molecule has 4 nitrogen and oxygen atoms in total. The van der Waals surface area contributed by atoms with E-state index in [9.17, 15) is 0 Å². The molecule has 0 aliphatic heterocycles. The number of nitrogens with zero attached hydrogens (tertiary/aromatic N) is 2. The van der Waals surface area contributed by atoms with Crippen LogP contribution in [-0.4, -0.2) is 21.1 Å². The van der Waals surface area contributed by atoms with Gasteiger partial charge in [0, 0.05) is 11.4 Å². The monoisotopic (exact) mass is 308 g/mol. The predicted octanol–water partition coefficient (Wildman–Crippen LogP) is 3.63. The maximum atomic E-state index is 5.21. The third-order valence-corrected chi connectivity index (χ3v) is 4.16. The van der Waals surface area contributed by atoms with Crippen molar-refractivity contribution in [1.29, 1.82) is 0 Å². The van der Waals surface area contributed by atoms with E-state index in [4.69, 9.17) is 12.2 Å². The highest BCUT2D eigenvalue weighted by atomic mass is 32.2. The molecular weight excluding hydrogens is 296 g/mol. The smallest absolute Gasteiger partial charge is 0.212 e. The standard InChI is InChI=1S/C12H12N4S3/c1-2-8-18-12-16-15-11(19-12)14-10(17)13-9-6-4-3-5-7-9/h2-7H,1,8H2,(H2,13,14,15,17). The highest BCUT2D eigenvalue weighted by Crippen LogP contribution is 2.25. The summed E-state index contributed by atoms with van der Waals surface area (Å²) in [4.78, 5) is 0. The van der Waals surface area contributed by atoms with Crippen LogP contribution in [0.3, 0.4) is 0 Å². The Morgan fingerprint density at radius 1 is 1.32 bits per heavy atom. The number of anilines is 2. The molecule has 1 heterocycles. The van der Waals surface area contributed by atoms with Crippen LogP contribution in [0.2, 0.25) is 0 Å². The van der Waals surface area contributed by atoms with E-state index >= 15 is 0 Å². The van der Waals surface area contributed by atoms with E-state index < -0.39 is 0 Å². The summed E-state index contributed by atoms with van der Waals surface area (Å²) in [6.45, 7) is 3.67. The Labute approximate surface area is 125 Å². The number of thioether (sulfide) groups is 1. The molecule has 1 aromatic heterocycles. The van der Waals surface area contributed by atoms with Crippen LogP contribution >= 0.6 is 35.3 Å². The molecular formula is C12H12N4S3. The lowest BCUT2D eigenvalue weighted by Gasteiger charge is -2.07. The van der Waals surface area contributed by atoms with Crippen molar-refractivity contribution in [2.24, 2.45) is 0 Å². The van der Waals surface area contributed by atoms with Gasteiger partial charge in [-0.25, -0.2) is 0 Å². The van der Waals surface area contributed by atoms with Crippen LogP contribution in [0.5, 0.6) is 0 Å². The quantitative estimate of drug-likeness (QED) is 0.500. The second kappa shape index (κ2) is 7.22. The van der Waals surface area contributed by atoms with E-state index in [-0.39, 0.29) is 0 Å². The van der Waals surface area contributed by atoms with Crippen LogP contribution in [0.4, 0.5) is 10.8 Å². The van der Waals surface area contributed by atoms with Crippen LogP contribution < -0.4 is 10.6 Å². The molecule has 1 aromatic carbocycles. The molecule has 0 amide bonds. The molecule has 0 atom stereocenters. The molecule has 2 rings (SSSR count). The van der Waals surface area contributed by atoms with Crippen molar-refractivity contribution in [3.05, 3.63) is 43.0 Å². The van der Waals surface area contributed by atoms with Crippen molar-refractivity contribution in [1.82, 2.24) is 10.2 Å². The zero-order valence-electron chi connectivity index (χ0n) is 10.00. The Kier molecular flexibility index (Phi) is 5.31. The first-order chi connectivity index (χ1) is 9.28. The van der Waals surface area contributed by atoms with Gasteiger partial charge in [0.25, 0.3) is 0 Å². The van der Waals surface area contributed by atoms with Crippen molar-refractivity contribution < 1.29 is 0 Å². The van der Waals surface area contributed by atoms with Crippen LogP contribution in [0.25, 0.3) is 0 Å². The molecule has 0 spiro atoms. The highest BCUT2D eigenvalue weighted by Gasteiger charge is 2.05. The summed E-state index contributed by atoms with van der Waals surface area (Å²) in [6, 6.07) is 9.73. The number of nitrogens with one attached hydrogen (secondary N) is 2. The van der Waals surface area contributed by atoms with Gasteiger partial charge in [-0.1, -0.05) is 47.4 Å². The maximum Gasteiger partial charge on any atom is 0.212 e. The molecule has 0 aliphatic carbocycles. The lowest BCUT2D eigenvalue weighted by Crippen LogP contribution is -2.18. The minimum Gasteiger partial charge on any atom is -0.332 e. The molecule has 0 fully saturated rings. The molecule has 0 saturated heterocycles. The first-order valence-electron chi connectivity index (χ1n) is 5.48. The Hall–Kier alpha value is -1.44. The molecule has 7 heteroatoms. The summed E-state index contributed by atoms with van der Waals surface area (Å²) in [6.07, 6.45) is 1.83. The van der Waals surface area contributed by atoms with Gasteiger partial charge in [0.2, 0.25) is 5.13 Å². The van der Waals surface area contributed by atoms with Crippen LogP contribution in [-0.2, 0) is 0 Å². The number of rotatable bonds is 5.